The molecular weight excluding hydrogens is 332 g/mol. The van der Waals surface area contributed by atoms with Crippen molar-refractivity contribution in [3.8, 4) is 11.4 Å². The third-order valence-corrected chi connectivity index (χ3v) is 4.13. The average Bonchev–Trinajstić information content (AvgIpc) is 2.65. The van der Waals surface area contributed by atoms with E-state index in [1.165, 1.54) is 12.1 Å². The number of nitrogens with zero attached hydrogens (tertiary/aromatic N) is 2. The fraction of sp³-hybridized carbons (Fsp3) is 0. The highest BCUT2D eigenvalue weighted by molar-refractivity contribution is 6.04. The Morgan fingerprint density at radius 1 is 0.654 bits per heavy atom. The molecule has 0 radical (unpaired) electrons. The summed E-state index contributed by atoms with van der Waals surface area (Å²) in [6.07, 6.45) is 0. The van der Waals surface area contributed by atoms with Gasteiger partial charge in [0.15, 0.2) is 0 Å². The van der Waals surface area contributed by atoms with Gasteiger partial charge in [0.25, 0.3) is 0 Å². The van der Waals surface area contributed by atoms with Crippen LogP contribution in [0.5, 0.6) is 0 Å². The number of aromatic carboxylic acids is 2. The second-order valence-corrected chi connectivity index (χ2v) is 5.76. The maximum absolute atomic E-state index is 11.8. The van der Waals surface area contributed by atoms with Crippen molar-refractivity contribution in [2.75, 3.05) is 0 Å². The lowest BCUT2D eigenvalue weighted by Crippen LogP contribution is -2.08. The van der Waals surface area contributed by atoms with Crippen LogP contribution >= 0.6 is 0 Å². The molecule has 0 saturated carbocycles. The van der Waals surface area contributed by atoms with Crippen LogP contribution in [0.4, 0.5) is 0 Å². The highest BCUT2D eigenvalue weighted by atomic mass is 16.4. The summed E-state index contributed by atoms with van der Waals surface area (Å²) in [5.41, 5.74) is 1.04. The summed E-state index contributed by atoms with van der Waals surface area (Å²) in [7, 11) is 0. The summed E-state index contributed by atoms with van der Waals surface area (Å²) in [6.45, 7) is 0. The number of carboxylic acid groups (broad SMARTS) is 2. The maximum atomic E-state index is 11.8. The van der Waals surface area contributed by atoms with Crippen LogP contribution in [-0.4, -0.2) is 32.1 Å². The summed E-state index contributed by atoms with van der Waals surface area (Å²) in [5, 5.41) is 20.5. The van der Waals surface area contributed by atoms with Crippen molar-refractivity contribution in [1.82, 2.24) is 9.97 Å². The van der Waals surface area contributed by atoms with Gasteiger partial charge < -0.3 is 10.2 Å². The average molecular weight is 344 g/mol. The Balaban J connectivity index is 2.11. The molecule has 126 valence electrons. The lowest BCUT2D eigenvalue weighted by molar-refractivity contribution is 0.0684. The first-order valence-corrected chi connectivity index (χ1v) is 7.81. The van der Waals surface area contributed by atoms with Crippen molar-refractivity contribution in [3.05, 3.63) is 71.8 Å². The van der Waals surface area contributed by atoms with E-state index >= 15 is 0 Å². The van der Waals surface area contributed by atoms with Crippen molar-refractivity contribution < 1.29 is 19.8 Å². The number of hydrogen-bond donors (Lipinski definition) is 2. The van der Waals surface area contributed by atoms with E-state index in [0.717, 1.165) is 0 Å². The van der Waals surface area contributed by atoms with Gasteiger partial charge in [0.2, 0.25) is 0 Å². The van der Waals surface area contributed by atoms with Gasteiger partial charge in [0, 0.05) is 10.8 Å². The first kappa shape index (κ1) is 15.7. The molecule has 0 fully saturated rings. The number of carbonyl (C=O) groups is 2. The van der Waals surface area contributed by atoms with Crippen LogP contribution in [0.15, 0.2) is 60.7 Å². The molecule has 4 aromatic rings. The fourth-order valence-electron chi connectivity index (χ4n) is 2.92. The van der Waals surface area contributed by atoms with Gasteiger partial charge in [-0.2, -0.15) is 0 Å². The van der Waals surface area contributed by atoms with E-state index in [4.69, 9.17) is 0 Å². The molecule has 6 heteroatoms. The number of hydrogen-bond acceptors (Lipinski definition) is 4. The van der Waals surface area contributed by atoms with E-state index in [2.05, 4.69) is 9.97 Å². The molecule has 2 heterocycles. The molecule has 0 bridgehead atoms. The zero-order valence-corrected chi connectivity index (χ0v) is 13.4. The molecule has 2 N–H and O–H groups in total. The van der Waals surface area contributed by atoms with Crippen LogP contribution in [0.3, 0.4) is 0 Å². The van der Waals surface area contributed by atoms with E-state index in [1.54, 1.807) is 48.5 Å². The zero-order valence-electron chi connectivity index (χ0n) is 13.4. The Labute approximate surface area is 147 Å². The Bertz CT molecular complexity index is 1110. The molecule has 0 aliphatic carbocycles. The molecule has 0 atom stereocenters. The topological polar surface area (TPSA) is 100 Å². The van der Waals surface area contributed by atoms with Gasteiger partial charge in [-0.15, -0.1) is 0 Å². The minimum Gasteiger partial charge on any atom is -0.478 e. The van der Waals surface area contributed by atoms with Crippen molar-refractivity contribution in [2.24, 2.45) is 0 Å². The van der Waals surface area contributed by atoms with Crippen LogP contribution in [-0.2, 0) is 0 Å². The zero-order chi connectivity index (χ0) is 18.3. The summed E-state index contributed by atoms with van der Waals surface area (Å²) < 4.78 is 0. The number of aromatic nitrogens is 2. The first-order valence-electron chi connectivity index (χ1n) is 7.81. The quantitative estimate of drug-likeness (QED) is 0.585. The predicted molar refractivity (Wildman–Crippen MR) is 96.4 cm³/mol. The number of rotatable bonds is 3. The molecule has 2 aromatic heterocycles. The van der Waals surface area contributed by atoms with E-state index in [0.29, 0.717) is 21.8 Å². The van der Waals surface area contributed by atoms with Crippen LogP contribution < -0.4 is 0 Å². The van der Waals surface area contributed by atoms with E-state index in [9.17, 15) is 19.8 Å². The molecule has 0 aliphatic rings. The normalized spacial score (nSPS) is 10.9. The minimum atomic E-state index is -1.19. The fourth-order valence-corrected chi connectivity index (χ4v) is 2.92. The van der Waals surface area contributed by atoms with E-state index in [1.807, 2.05) is 0 Å². The molecule has 0 spiro atoms. The van der Waals surface area contributed by atoms with E-state index < -0.39 is 11.9 Å². The lowest BCUT2D eigenvalue weighted by Gasteiger charge is -2.11. The SMILES string of the molecule is O=C(O)c1cc2ccccc2nc1-c1nc2ccccc2cc1C(=O)O. The Kier molecular flexibility index (Phi) is 3.58. The monoisotopic (exact) mass is 344 g/mol. The molecular formula is C20H12N2O4. The van der Waals surface area contributed by atoms with Gasteiger partial charge in [-0.1, -0.05) is 36.4 Å². The minimum absolute atomic E-state index is 0.0411. The third-order valence-electron chi connectivity index (χ3n) is 4.13. The van der Waals surface area contributed by atoms with Crippen molar-refractivity contribution >= 4 is 33.7 Å². The molecule has 0 unspecified atom stereocenters. The molecule has 6 nitrogen and oxygen atoms in total. The van der Waals surface area contributed by atoms with Gasteiger partial charge in [-0.05, 0) is 24.3 Å². The standard InChI is InChI=1S/C20H12N2O4/c23-19(24)13-9-11-5-1-3-7-15(11)21-17(13)18-14(20(25)26)10-12-6-2-4-8-16(12)22-18/h1-10H,(H,23,24)(H,25,26). The maximum Gasteiger partial charge on any atom is 0.338 e. The highest BCUT2D eigenvalue weighted by Crippen LogP contribution is 2.29. The lowest BCUT2D eigenvalue weighted by atomic mass is 10.0. The number of carboxylic acids is 2. The summed E-state index contributed by atoms with van der Waals surface area (Å²) in [5.74, 6) is -2.38. The second-order valence-electron chi connectivity index (χ2n) is 5.76. The largest absolute Gasteiger partial charge is 0.478 e. The number of para-hydroxylation sites is 2. The first-order chi connectivity index (χ1) is 12.5. The van der Waals surface area contributed by atoms with Gasteiger partial charge in [0.05, 0.1) is 22.2 Å². The Morgan fingerprint density at radius 2 is 1.04 bits per heavy atom. The third kappa shape index (κ3) is 2.53. The van der Waals surface area contributed by atoms with Crippen LogP contribution in [0.25, 0.3) is 33.2 Å². The Hall–Kier alpha value is -3.80. The van der Waals surface area contributed by atoms with Gasteiger partial charge >= 0.3 is 11.9 Å². The number of benzene rings is 2. The molecule has 0 aliphatic heterocycles. The number of fused-ring (bicyclic) bond motifs is 2. The summed E-state index contributed by atoms with van der Waals surface area (Å²) in [4.78, 5) is 32.4. The molecule has 2 aromatic carbocycles. The smallest absolute Gasteiger partial charge is 0.338 e. The van der Waals surface area contributed by atoms with Crippen molar-refractivity contribution in [2.45, 2.75) is 0 Å². The van der Waals surface area contributed by atoms with E-state index in [-0.39, 0.29) is 22.5 Å². The predicted octanol–water partition coefficient (Wildman–Crippen LogP) is 3.85. The number of pyridine rings is 2. The summed E-state index contributed by atoms with van der Waals surface area (Å²) in [6, 6.07) is 17.1. The molecule has 0 amide bonds. The van der Waals surface area contributed by atoms with Crippen molar-refractivity contribution in [1.29, 1.82) is 0 Å². The molecule has 4 rings (SSSR count). The van der Waals surface area contributed by atoms with Gasteiger partial charge in [-0.3, -0.25) is 0 Å². The highest BCUT2D eigenvalue weighted by Gasteiger charge is 2.22. The van der Waals surface area contributed by atoms with Crippen LogP contribution in [0.1, 0.15) is 20.7 Å². The Morgan fingerprint density at radius 3 is 1.42 bits per heavy atom. The van der Waals surface area contributed by atoms with Gasteiger partial charge in [-0.25, -0.2) is 19.6 Å². The molecule has 26 heavy (non-hydrogen) atoms. The van der Waals surface area contributed by atoms with Crippen LogP contribution in [0, 0.1) is 0 Å². The summed E-state index contributed by atoms with van der Waals surface area (Å²) >= 11 is 0. The van der Waals surface area contributed by atoms with Gasteiger partial charge in [0.1, 0.15) is 11.4 Å². The van der Waals surface area contributed by atoms with Crippen molar-refractivity contribution in [3.63, 3.8) is 0 Å². The molecule has 0 saturated heterocycles. The second kappa shape index (κ2) is 5.93. The van der Waals surface area contributed by atoms with Crippen LogP contribution in [0.2, 0.25) is 0 Å².